The molecule has 4 heteroatoms. The van der Waals surface area contributed by atoms with Crippen molar-refractivity contribution < 1.29 is 19.1 Å². The fourth-order valence-electron chi connectivity index (χ4n) is 5.14. The van der Waals surface area contributed by atoms with Crippen LogP contribution >= 0.6 is 0 Å². The van der Waals surface area contributed by atoms with Crippen LogP contribution in [-0.2, 0) is 15.0 Å². The molecule has 182 valence electrons. The predicted molar refractivity (Wildman–Crippen MR) is 145 cm³/mol. The fraction of sp³-hybridized carbons (Fsp3) is 0.0909. The number of esters is 2. The first-order valence-corrected chi connectivity index (χ1v) is 12.2. The smallest absolute Gasteiger partial charge is 0.335 e. The summed E-state index contributed by atoms with van der Waals surface area (Å²) >= 11 is 0. The molecule has 0 saturated carbocycles. The van der Waals surface area contributed by atoms with Crippen molar-refractivity contribution in [3.05, 3.63) is 144 Å². The second-order valence-electron chi connectivity index (χ2n) is 8.73. The number of hydrogen-bond acceptors (Lipinski definition) is 4. The van der Waals surface area contributed by atoms with E-state index in [1.54, 1.807) is 26.0 Å². The average molecular weight is 487 g/mol. The molecule has 0 N–H and O–H groups in total. The van der Waals surface area contributed by atoms with Gasteiger partial charge in [-0.15, -0.1) is 0 Å². The third kappa shape index (κ3) is 4.27. The lowest BCUT2D eigenvalue weighted by Gasteiger charge is -2.34. The van der Waals surface area contributed by atoms with Gasteiger partial charge in [-0.25, -0.2) is 9.59 Å². The number of allylic oxidation sites excluding steroid dienone is 2. The highest BCUT2D eigenvalue weighted by atomic mass is 16.5. The van der Waals surface area contributed by atoms with Gasteiger partial charge in [-0.05, 0) is 71.5 Å². The Kier molecular flexibility index (Phi) is 6.57. The van der Waals surface area contributed by atoms with Crippen molar-refractivity contribution in [2.75, 3.05) is 0 Å². The number of rotatable bonds is 6. The van der Waals surface area contributed by atoms with Crippen LogP contribution in [0.25, 0.3) is 11.1 Å². The minimum Gasteiger partial charge on any atom is -0.423 e. The van der Waals surface area contributed by atoms with Gasteiger partial charge < -0.3 is 9.47 Å². The number of ether oxygens (including phenoxy) is 2. The van der Waals surface area contributed by atoms with E-state index in [2.05, 4.69) is 48.5 Å². The summed E-state index contributed by atoms with van der Waals surface area (Å²) in [6.45, 7) is 3.55. The topological polar surface area (TPSA) is 52.6 Å². The van der Waals surface area contributed by atoms with Gasteiger partial charge in [0.2, 0.25) is 0 Å². The summed E-state index contributed by atoms with van der Waals surface area (Å²) in [4.78, 5) is 23.9. The van der Waals surface area contributed by atoms with E-state index in [1.807, 2.05) is 48.5 Å². The highest BCUT2D eigenvalue weighted by Crippen LogP contribution is 2.56. The summed E-state index contributed by atoms with van der Waals surface area (Å²) in [6, 6.07) is 32.2. The van der Waals surface area contributed by atoms with Gasteiger partial charge in [0.05, 0.1) is 5.41 Å². The molecule has 0 radical (unpaired) electrons. The van der Waals surface area contributed by atoms with Crippen LogP contribution in [0.15, 0.2) is 121 Å². The van der Waals surface area contributed by atoms with Crippen LogP contribution in [0.3, 0.4) is 0 Å². The molecule has 0 saturated heterocycles. The van der Waals surface area contributed by atoms with Crippen molar-refractivity contribution in [1.29, 1.82) is 0 Å². The monoisotopic (exact) mass is 486 g/mol. The zero-order valence-corrected chi connectivity index (χ0v) is 20.7. The van der Waals surface area contributed by atoms with Gasteiger partial charge in [-0.2, -0.15) is 0 Å². The Morgan fingerprint density at radius 2 is 0.946 bits per heavy atom. The highest BCUT2D eigenvalue weighted by Gasteiger charge is 2.45. The van der Waals surface area contributed by atoms with E-state index in [4.69, 9.17) is 9.47 Å². The Balaban J connectivity index is 1.67. The van der Waals surface area contributed by atoms with Crippen molar-refractivity contribution in [1.82, 2.24) is 0 Å². The molecular formula is C33H26O4. The maximum atomic E-state index is 12.0. The van der Waals surface area contributed by atoms with Gasteiger partial charge in [0, 0.05) is 12.2 Å². The van der Waals surface area contributed by atoms with Crippen LogP contribution in [0, 0.1) is 0 Å². The summed E-state index contributed by atoms with van der Waals surface area (Å²) in [5.74, 6) is 0.134. The van der Waals surface area contributed by atoms with Crippen molar-refractivity contribution in [2.24, 2.45) is 0 Å². The first kappa shape index (κ1) is 24.0. The lowest BCUT2D eigenvalue weighted by atomic mass is 9.68. The van der Waals surface area contributed by atoms with Crippen LogP contribution in [0.2, 0.25) is 0 Å². The predicted octanol–water partition coefficient (Wildman–Crippen LogP) is 7.01. The van der Waals surface area contributed by atoms with Gasteiger partial charge >= 0.3 is 11.9 Å². The van der Waals surface area contributed by atoms with Gasteiger partial charge in [-0.1, -0.05) is 84.9 Å². The summed E-state index contributed by atoms with van der Waals surface area (Å²) < 4.78 is 10.9. The van der Waals surface area contributed by atoms with E-state index in [1.165, 1.54) is 23.3 Å². The van der Waals surface area contributed by atoms with Crippen LogP contribution < -0.4 is 9.47 Å². The molecule has 1 aliphatic carbocycles. The SMILES string of the molecule is C/C=C/C(=O)Oc1ccc(C2(c3ccc(OC(=O)/C=C/C)cc3)c3ccccc3-c3ccccc32)cc1. The molecule has 0 amide bonds. The van der Waals surface area contributed by atoms with Gasteiger partial charge in [0.25, 0.3) is 0 Å². The first-order chi connectivity index (χ1) is 18.1. The molecule has 0 aromatic heterocycles. The molecule has 0 aliphatic heterocycles. The van der Waals surface area contributed by atoms with Crippen molar-refractivity contribution in [3.63, 3.8) is 0 Å². The molecule has 0 spiro atoms. The largest absolute Gasteiger partial charge is 0.423 e. The summed E-state index contributed by atoms with van der Waals surface area (Å²) in [5, 5.41) is 0. The molecular weight excluding hydrogens is 460 g/mol. The van der Waals surface area contributed by atoms with Gasteiger partial charge in [0.15, 0.2) is 0 Å². The van der Waals surface area contributed by atoms with Crippen LogP contribution in [0.4, 0.5) is 0 Å². The Morgan fingerprint density at radius 1 is 0.568 bits per heavy atom. The van der Waals surface area contributed by atoms with Crippen LogP contribution in [-0.4, -0.2) is 11.9 Å². The normalized spacial score (nSPS) is 13.4. The summed E-state index contributed by atoms with van der Waals surface area (Å²) in [7, 11) is 0. The number of hydrogen-bond donors (Lipinski definition) is 0. The molecule has 37 heavy (non-hydrogen) atoms. The zero-order chi connectivity index (χ0) is 25.8. The molecule has 4 aromatic rings. The van der Waals surface area contributed by atoms with E-state index >= 15 is 0 Å². The molecule has 4 nitrogen and oxygen atoms in total. The van der Waals surface area contributed by atoms with E-state index in [0.717, 1.165) is 22.3 Å². The summed E-state index contributed by atoms with van der Waals surface area (Å²) in [5.41, 5.74) is 6.13. The Labute approximate surface area is 216 Å². The Morgan fingerprint density at radius 3 is 1.32 bits per heavy atom. The standard InChI is InChI=1S/C33H26O4/c1-3-9-31(34)36-25-19-15-23(16-20-25)33(24-17-21-26(22-18-24)37-32(35)10-4-2)29-13-7-5-11-27(29)28-12-6-8-14-30(28)33/h3-22H,1-2H3/b9-3+,10-4+. The minimum absolute atomic E-state index is 0.412. The fourth-order valence-corrected chi connectivity index (χ4v) is 5.14. The highest BCUT2D eigenvalue weighted by molar-refractivity contribution is 5.87. The molecule has 0 fully saturated rings. The molecule has 0 bridgehead atoms. The average Bonchev–Trinajstić information content (AvgIpc) is 3.21. The second kappa shape index (κ2) is 10.1. The maximum Gasteiger partial charge on any atom is 0.335 e. The zero-order valence-electron chi connectivity index (χ0n) is 20.7. The maximum absolute atomic E-state index is 12.0. The molecule has 0 atom stereocenters. The lowest BCUT2D eigenvalue weighted by molar-refractivity contribution is -0.129. The van der Waals surface area contributed by atoms with E-state index in [0.29, 0.717) is 11.5 Å². The first-order valence-electron chi connectivity index (χ1n) is 12.2. The van der Waals surface area contributed by atoms with Gasteiger partial charge in [-0.3, -0.25) is 0 Å². The lowest BCUT2D eigenvalue weighted by Crippen LogP contribution is -2.28. The molecule has 0 unspecified atom stereocenters. The number of benzene rings is 4. The third-order valence-electron chi connectivity index (χ3n) is 6.57. The van der Waals surface area contributed by atoms with Crippen molar-refractivity contribution >= 4 is 11.9 Å². The molecule has 4 aromatic carbocycles. The van der Waals surface area contributed by atoms with Crippen molar-refractivity contribution in [3.8, 4) is 22.6 Å². The second-order valence-corrected chi connectivity index (χ2v) is 8.73. The molecule has 1 aliphatic rings. The van der Waals surface area contributed by atoms with Crippen LogP contribution in [0.1, 0.15) is 36.1 Å². The summed E-state index contributed by atoms with van der Waals surface area (Å²) in [6.07, 6.45) is 6.09. The van der Waals surface area contributed by atoms with Gasteiger partial charge in [0.1, 0.15) is 11.5 Å². The quantitative estimate of drug-likeness (QED) is 0.147. The van der Waals surface area contributed by atoms with E-state index < -0.39 is 17.4 Å². The van der Waals surface area contributed by atoms with Crippen LogP contribution in [0.5, 0.6) is 11.5 Å². The third-order valence-corrected chi connectivity index (χ3v) is 6.57. The number of fused-ring (bicyclic) bond motifs is 3. The Bertz CT molecular complexity index is 1390. The Hall–Kier alpha value is -4.70. The minimum atomic E-state index is -0.606. The molecule has 5 rings (SSSR count). The number of carbonyl (C=O) groups excluding carboxylic acids is 2. The number of carbonyl (C=O) groups is 2. The molecule has 0 heterocycles. The van der Waals surface area contributed by atoms with E-state index in [9.17, 15) is 9.59 Å². The van der Waals surface area contributed by atoms with E-state index in [-0.39, 0.29) is 0 Å². The van der Waals surface area contributed by atoms with Crippen molar-refractivity contribution in [2.45, 2.75) is 19.3 Å².